The van der Waals surface area contributed by atoms with Gasteiger partial charge in [-0.1, -0.05) is 36.4 Å². The number of rotatable bonds is 7. The van der Waals surface area contributed by atoms with Crippen LogP contribution in [0.3, 0.4) is 0 Å². The second-order valence-corrected chi connectivity index (χ2v) is 3.63. The second kappa shape index (κ2) is 9.55. The van der Waals surface area contributed by atoms with Gasteiger partial charge < -0.3 is 5.11 Å². The van der Waals surface area contributed by atoms with Crippen LogP contribution in [0.15, 0.2) is 54.8 Å². The molecule has 0 spiro atoms. The van der Waals surface area contributed by atoms with Gasteiger partial charge in [0.05, 0.1) is 12.3 Å². The number of nitrogens with zero attached hydrogens (tertiary/aromatic N) is 1. The highest BCUT2D eigenvalue weighted by atomic mass is 16.2. The van der Waals surface area contributed by atoms with E-state index < -0.39 is 0 Å². The van der Waals surface area contributed by atoms with Gasteiger partial charge in [0.25, 0.3) is 0 Å². The van der Waals surface area contributed by atoms with Crippen molar-refractivity contribution in [2.24, 2.45) is 0 Å². The first-order chi connectivity index (χ1) is 8.43. The predicted octanol–water partition coefficient (Wildman–Crippen LogP) is 3.37. The Hall–Kier alpha value is -1.67. The van der Waals surface area contributed by atoms with E-state index in [9.17, 15) is 0 Å². The maximum atomic E-state index is 8.51. The zero-order chi connectivity index (χ0) is 12.2. The van der Waals surface area contributed by atoms with Crippen LogP contribution in [0, 0.1) is 0 Å². The molecule has 2 heteroatoms. The molecule has 1 heterocycles. The fourth-order valence-electron chi connectivity index (χ4n) is 1.35. The fourth-order valence-corrected chi connectivity index (χ4v) is 1.35. The molecular formula is C15H19NO. The summed E-state index contributed by atoms with van der Waals surface area (Å²) >= 11 is 0. The molecule has 1 aromatic rings. The molecule has 17 heavy (non-hydrogen) atoms. The molecule has 0 aliphatic rings. The Morgan fingerprint density at radius 2 is 1.88 bits per heavy atom. The first kappa shape index (κ1) is 13.4. The topological polar surface area (TPSA) is 33.1 Å². The van der Waals surface area contributed by atoms with Crippen molar-refractivity contribution in [3.63, 3.8) is 0 Å². The van der Waals surface area contributed by atoms with Gasteiger partial charge in [-0.2, -0.15) is 0 Å². The number of hydrogen-bond acceptors (Lipinski definition) is 2. The Kier molecular flexibility index (Phi) is 7.52. The van der Waals surface area contributed by atoms with Crippen molar-refractivity contribution in [3.05, 3.63) is 60.5 Å². The van der Waals surface area contributed by atoms with Gasteiger partial charge in [-0.25, -0.2) is 0 Å². The number of pyridine rings is 1. The molecule has 0 aromatic carbocycles. The van der Waals surface area contributed by atoms with Crippen molar-refractivity contribution in [1.82, 2.24) is 4.98 Å². The van der Waals surface area contributed by atoms with Crippen LogP contribution in [-0.2, 0) is 0 Å². The highest BCUT2D eigenvalue weighted by Gasteiger charge is 1.84. The summed E-state index contributed by atoms with van der Waals surface area (Å²) in [5, 5.41) is 8.51. The zero-order valence-corrected chi connectivity index (χ0v) is 10.00. The average Bonchev–Trinajstić information content (AvgIpc) is 2.38. The predicted molar refractivity (Wildman–Crippen MR) is 72.5 cm³/mol. The summed E-state index contributed by atoms with van der Waals surface area (Å²) in [6, 6.07) is 5.90. The number of aliphatic hydroxyl groups is 1. The molecule has 0 aliphatic heterocycles. The van der Waals surface area contributed by atoms with Crippen molar-refractivity contribution in [2.45, 2.75) is 19.3 Å². The molecule has 0 fully saturated rings. The van der Waals surface area contributed by atoms with Gasteiger partial charge in [-0.05, 0) is 37.5 Å². The molecule has 2 nitrogen and oxygen atoms in total. The summed E-state index contributed by atoms with van der Waals surface area (Å²) in [4.78, 5) is 4.21. The lowest BCUT2D eigenvalue weighted by Crippen LogP contribution is -1.76. The monoisotopic (exact) mass is 229 g/mol. The van der Waals surface area contributed by atoms with Crippen LogP contribution in [-0.4, -0.2) is 16.7 Å². The lowest BCUT2D eigenvalue weighted by molar-refractivity contribution is 0.343. The molecule has 90 valence electrons. The molecule has 1 rings (SSSR count). The Morgan fingerprint density at radius 1 is 1.06 bits per heavy atom. The minimum absolute atomic E-state index is 0.108. The highest BCUT2D eigenvalue weighted by molar-refractivity contribution is 5.43. The quantitative estimate of drug-likeness (QED) is 0.574. The Morgan fingerprint density at radius 3 is 2.65 bits per heavy atom. The van der Waals surface area contributed by atoms with Crippen molar-refractivity contribution in [3.8, 4) is 0 Å². The van der Waals surface area contributed by atoms with Gasteiger partial charge in [0.1, 0.15) is 0 Å². The molecule has 1 N–H and O–H groups in total. The lowest BCUT2D eigenvalue weighted by atomic mass is 10.2. The smallest absolute Gasteiger partial charge is 0.0626 e. The van der Waals surface area contributed by atoms with E-state index in [0.29, 0.717) is 0 Å². The van der Waals surface area contributed by atoms with Crippen molar-refractivity contribution in [1.29, 1.82) is 0 Å². The largest absolute Gasteiger partial charge is 0.392 e. The fraction of sp³-hybridized carbons (Fsp3) is 0.267. The van der Waals surface area contributed by atoms with E-state index in [2.05, 4.69) is 23.2 Å². The van der Waals surface area contributed by atoms with Crippen LogP contribution < -0.4 is 0 Å². The molecule has 0 amide bonds. The normalized spacial score (nSPS) is 12.1. The number of aliphatic hydroxyl groups excluding tert-OH is 1. The maximum absolute atomic E-state index is 8.51. The Labute approximate surface area is 103 Å². The lowest BCUT2D eigenvalue weighted by Gasteiger charge is -1.91. The third-order valence-electron chi connectivity index (χ3n) is 2.21. The third kappa shape index (κ3) is 7.25. The zero-order valence-electron chi connectivity index (χ0n) is 10.00. The molecule has 0 saturated heterocycles. The van der Waals surface area contributed by atoms with Crippen LogP contribution in [0.4, 0.5) is 0 Å². The summed E-state index contributed by atoms with van der Waals surface area (Å²) in [5.41, 5.74) is 1.01. The third-order valence-corrected chi connectivity index (χ3v) is 2.21. The van der Waals surface area contributed by atoms with E-state index in [0.717, 1.165) is 25.0 Å². The molecule has 0 aliphatic carbocycles. The van der Waals surface area contributed by atoms with Gasteiger partial charge in [-0.15, -0.1) is 0 Å². The summed E-state index contributed by atoms with van der Waals surface area (Å²) in [6.45, 7) is 0.108. The molecular weight excluding hydrogens is 210 g/mol. The number of hydrogen-bond donors (Lipinski definition) is 1. The van der Waals surface area contributed by atoms with Gasteiger partial charge in [0, 0.05) is 6.20 Å². The van der Waals surface area contributed by atoms with Crippen molar-refractivity contribution >= 4 is 6.08 Å². The molecule has 0 unspecified atom stereocenters. The first-order valence-corrected chi connectivity index (χ1v) is 5.93. The first-order valence-electron chi connectivity index (χ1n) is 5.93. The SMILES string of the molecule is OC/C=C/C=C/CCC/C=C/c1ccccn1. The summed E-state index contributed by atoms with van der Waals surface area (Å²) in [7, 11) is 0. The molecule has 0 bridgehead atoms. The van der Waals surface area contributed by atoms with E-state index in [4.69, 9.17) is 5.11 Å². The summed E-state index contributed by atoms with van der Waals surface area (Å²) in [6.07, 6.45) is 16.9. The van der Waals surface area contributed by atoms with E-state index >= 15 is 0 Å². The second-order valence-electron chi connectivity index (χ2n) is 3.63. The summed E-state index contributed by atoms with van der Waals surface area (Å²) < 4.78 is 0. The van der Waals surface area contributed by atoms with Crippen LogP contribution in [0.2, 0.25) is 0 Å². The molecule has 0 saturated carbocycles. The van der Waals surface area contributed by atoms with Gasteiger partial charge in [0.2, 0.25) is 0 Å². The summed E-state index contributed by atoms with van der Waals surface area (Å²) in [5.74, 6) is 0. The molecule has 0 radical (unpaired) electrons. The van der Waals surface area contributed by atoms with Crippen LogP contribution in [0.1, 0.15) is 25.0 Å². The van der Waals surface area contributed by atoms with Crippen LogP contribution >= 0.6 is 0 Å². The van der Waals surface area contributed by atoms with E-state index in [1.807, 2.05) is 30.4 Å². The minimum atomic E-state index is 0.108. The number of aromatic nitrogens is 1. The van der Waals surface area contributed by atoms with E-state index in [1.54, 1.807) is 12.3 Å². The molecule has 1 aromatic heterocycles. The van der Waals surface area contributed by atoms with Gasteiger partial charge in [0.15, 0.2) is 0 Å². The van der Waals surface area contributed by atoms with E-state index in [-0.39, 0.29) is 6.61 Å². The minimum Gasteiger partial charge on any atom is -0.392 e. The highest BCUT2D eigenvalue weighted by Crippen LogP contribution is 2.02. The Bertz CT molecular complexity index is 366. The van der Waals surface area contributed by atoms with Gasteiger partial charge in [-0.3, -0.25) is 4.98 Å². The standard InChI is InChI=1S/C15H19NO/c17-14-10-6-4-2-1-3-5-7-11-15-12-8-9-13-16-15/h2,4,6-13,17H,1,3,5,14H2/b4-2+,10-6+,11-7+. The van der Waals surface area contributed by atoms with Crippen LogP contribution in [0.25, 0.3) is 6.08 Å². The average molecular weight is 229 g/mol. The van der Waals surface area contributed by atoms with Crippen LogP contribution in [0.5, 0.6) is 0 Å². The van der Waals surface area contributed by atoms with Gasteiger partial charge >= 0.3 is 0 Å². The van der Waals surface area contributed by atoms with E-state index in [1.165, 1.54) is 0 Å². The number of unbranched alkanes of at least 4 members (excludes halogenated alkanes) is 2. The Balaban J connectivity index is 2.10. The maximum Gasteiger partial charge on any atom is 0.0626 e. The number of allylic oxidation sites excluding steroid dienone is 4. The molecule has 0 atom stereocenters. The van der Waals surface area contributed by atoms with Crippen molar-refractivity contribution < 1.29 is 5.11 Å². The van der Waals surface area contributed by atoms with Crippen molar-refractivity contribution in [2.75, 3.05) is 6.61 Å².